The summed E-state index contributed by atoms with van der Waals surface area (Å²) < 4.78 is 39.0. The lowest BCUT2D eigenvalue weighted by Crippen LogP contribution is -2.39. The van der Waals surface area contributed by atoms with Gasteiger partial charge in [-0.05, 0) is 97.3 Å². The molecule has 12 heteroatoms. The first-order valence-corrected chi connectivity index (χ1v) is 15.9. The highest BCUT2D eigenvalue weighted by Gasteiger charge is 2.27. The minimum Gasteiger partial charge on any atom is -0.494 e. The second-order valence-corrected chi connectivity index (χ2v) is 11.9. The molecule has 4 aromatic rings. The molecule has 0 heterocycles. The molecule has 2 N–H and O–H groups in total. The van der Waals surface area contributed by atoms with Crippen LogP contribution in [0.3, 0.4) is 0 Å². The zero-order chi connectivity index (χ0) is 32.1. The highest BCUT2D eigenvalue weighted by atomic mass is 35.5. The fourth-order valence-electron chi connectivity index (χ4n) is 4.11. The minimum atomic E-state index is -4.12. The molecule has 0 aliphatic heterocycles. The van der Waals surface area contributed by atoms with Gasteiger partial charge in [0.05, 0.1) is 23.4 Å². The first kappa shape index (κ1) is 33.0. The molecule has 10 nitrogen and oxygen atoms in total. The fourth-order valence-corrected chi connectivity index (χ4v) is 5.66. The van der Waals surface area contributed by atoms with Crippen LogP contribution < -0.4 is 24.5 Å². The Labute approximate surface area is 267 Å². The van der Waals surface area contributed by atoms with Gasteiger partial charge >= 0.3 is 0 Å². The van der Waals surface area contributed by atoms with Crippen LogP contribution in [0.5, 0.6) is 11.5 Å². The van der Waals surface area contributed by atoms with Gasteiger partial charge < -0.3 is 14.8 Å². The van der Waals surface area contributed by atoms with Crippen molar-refractivity contribution in [1.82, 2.24) is 10.7 Å². The van der Waals surface area contributed by atoms with E-state index in [1.54, 1.807) is 48.5 Å². The van der Waals surface area contributed by atoms with Crippen molar-refractivity contribution >= 4 is 45.3 Å². The van der Waals surface area contributed by atoms with Crippen molar-refractivity contribution in [2.24, 2.45) is 5.10 Å². The van der Waals surface area contributed by atoms with Gasteiger partial charge in [0, 0.05) is 11.6 Å². The Bertz CT molecular complexity index is 1680. The van der Waals surface area contributed by atoms with E-state index in [-0.39, 0.29) is 23.1 Å². The number of nitrogens with one attached hydrogen (secondary N) is 2. The maximum absolute atomic E-state index is 13.5. The highest BCUT2D eigenvalue weighted by molar-refractivity contribution is 7.92. The van der Waals surface area contributed by atoms with Crippen molar-refractivity contribution in [3.05, 3.63) is 119 Å². The van der Waals surface area contributed by atoms with Crippen LogP contribution in [-0.2, 0) is 26.0 Å². The van der Waals surface area contributed by atoms with E-state index in [9.17, 15) is 18.0 Å². The topological polar surface area (TPSA) is 126 Å². The van der Waals surface area contributed by atoms with E-state index in [1.165, 1.54) is 30.5 Å². The van der Waals surface area contributed by atoms with Crippen LogP contribution >= 0.6 is 11.6 Å². The molecule has 45 heavy (non-hydrogen) atoms. The normalized spacial score (nSPS) is 11.2. The van der Waals surface area contributed by atoms with Crippen LogP contribution in [0, 0.1) is 0 Å². The van der Waals surface area contributed by atoms with Crippen LogP contribution in [0.2, 0.25) is 5.02 Å². The lowest BCUT2D eigenvalue weighted by Gasteiger charge is -2.24. The first-order chi connectivity index (χ1) is 21.7. The van der Waals surface area contributed by atoms with Crippen molar-refractivity contribution in [2.45, 2.75) is 18.2 Å². The van der Waals surface area contributed by atoms with Gasteiger partial charge in [0.15, 0.2) is 6.61 Å². The number of amides is 2. The molecule has 234 valence electrons. The molecule has 0 saturated carbocycles. The predicted octanol–water partition coefficient (Wildman–Crippen LogP) is 4.82. The zero-order valence-corrected chi connectivity index (χ0v) is 26.1. The van der Waals surface area contributed by atoms with Crippen molar-refractivity contribution < 1.29 is 27.5 Å². The van der Waals surface area contributed by atoms with Gasteiger partial charge in [-0.25, -0.2) is 13.8 Å². The Morgan fingerprint density at radius 2 is 1.49 bits per heavy atom. The minimum absolute atomic E-state index is 0.0240. The summed E-state index contributed by atoms with van der Waals surface area (Å²) in [5.41, 5.74) is 4.43. The van der Waals surface area contributed by atoms with Crippen molar-refractivity contribution in [1.29, 1.82) is 0 Å². The van der Waals surface area contributed by atoms with E-state index < -0.39 is 22.5 Å². The summed E-state index contributed by atoms with van der Waals surface area (Å²) in [6, 6.07) is 28.7. The van der Waals surface area contributed by atoms with E-state index in [0.717, 1.165) is 16.3 Å². The lowest BCUT2D eigenvalue weighted by atomic mass is 10.1. The SMILES string of the molecule is CCOc1ccc(N(CC(=O)N/N=C\c2ccc(OCC(=O)NCCc3ccccc3)cc2)S(=O)(=O)c2ccc(Cl)cc2)cc1. The summed E-state index contributed by atoms with van der Waals surface area (Å²) in [5, 5.41) is 7.18. The van der Waals surface area contributed by atoms with Crippen molar-refractivity contribution in [3.63, 3.8) is 0 Å². The number of carbonyl (C=O) groups excluding carboxylic acids is 2. The monoisotopic (exact) mass is 648 g/mol. The summed E-state index contributed by atoms with van der Waals surface area (Å²) in [7, 11) is -4.12. The predicted molar refractivity (Wildman–Crippen MR) is 174 cm³/mol. The maximum Gasteiger partial charge on any atom is 0.264 e. The molecule has 2 amide bonds. The largest absolute Gasteiger partial charge is 0.494 e. The summed E-state index contributed by atoms with van der Waals surface area (Å²) in [6.07, 6.45) is 2.14. The van der Waals surface area contributed by atoms with Crippen LogP contribution in [-0.4, -0.2) is 52.8 Å². The van der Waals surface area contributed by atoms with Gasteiger partial charge in [-0.3, -0.25) is 13.9 Å². The Kier molecular flexibility index (Phi) is 11.9. The Hall–Kier alpha value is -4.87. The van der Waals surface area contributed by atoms with E-state index in [0.29, 0.717) is 35.2 Å². The molecule has 0 bridgehead atoms. The molecule has 0 aromatic heterocycles. The number of nitrogens with zero attached hydrogens (tertiary/aromatic N) is 2. The third-order valence-electron chi connectivity index (χ3n) is 6.36. The third-order valence-corrected chi connectivity index (χ3v) is 8.40. The molecular weight excluding hydrogens is 616 g/mol. The van der Waals surface area contributed by atoms with E-state index in [4.69, 9.17) is 21.1 Å². The second kappa shape index (κ2) is 16.3. The molecule has 0 spiro atoms. The number of sulfonamides is 1. The molecule has 0 fully saturated rings. The van der Waals surface area contributed by atoms with E-state index in [1.807, 2.05) is 37.3 Å². The molecule has 0 aliphatic rings. The molecule has 0 unspecified atom stereocenters. The van der Waals surface area contributed by atoms with E-state index in [2.05, 4.69) is 15.8 Å². The molecule has 0 saturated heterocycles. The number of anilines is 1. The second-order valence-electron chi connectivity index (χ2n) is 9.63. The number of benzene rings is 4. The van der Waals surface area contributed by atoms with Gasteiger partial charge in [0.25, 0.3) is 21.8 Å². The summed E-state index contributed by atoms with van der Waals surface area (Å²) >= 11 is 5.94. The quantitative estimate of drug-likeness (QED) is 0.141. The summed E-state index contributed by atoms with van der Waals surface area (Å²) in [5.74, 6) is 0.179. The average molecular weight is 649 g/mol. The Morgan fingerprint density at radius 3 is 2.16 bits per heavy atom. The van der Waals surface area contributed by atoms with Gasteiger partial charge in [0.2, 0.25) is 0 Å². The van der Waals surface area contributed by atoms with Crippen LogP contribution in [0.1, 0.15) is 18.1 Å². The Morgan fingerprint density at radius 1 is 0.844 bits per heavy atom. The Balaban J connectivity index is 1.31. The molecule has 0 atom stereocenters. The highest BCUT2D eigenvalue weighted by Crippen LogP contribution is 2.26. The summed E-state index contributed by atoms with van der Waals surface area (Å²) in [6.45, 7) is 2.15. The fraction of sp³-hybridized carbons (Fsp3) is 0.182. The van der Waals surface area contributed by atoms with E-state index >= 15 is 0 Å². The number of halogens is 1. The van der Waals surface area contributed by atoms with Crippen LogP contribution in [0.25, 0.3) is 0 Å². The number of hydrogen-bond donors (Lipinski definition) is 2. The maximum atomic E-state index is 13.5. The van der Waals surface area contributed by atoms with Crippen molar-refractivity contribution in [3.8, 4) is 11.5 Å². The standard InChI is InChI=1S/C33H33ClN4O6S/c1-2-43-29-16-12-28(13-17-29)38(45(41,42)31-18-10-27(34)11-19-31)23-32(39)37-36-22-26-8-14-30(15-9-26)44-24-33(40)35-21-20-25-6-4-3-5-7-25/h3-19,22H,2,20-21,23-24H2,1H3,(H,35,40)(H,37,39)/b36-22-. The third kappa shape index (κ3) is 10.1. The average Bonchev–Trinajstić information content (AvgIpc) is 3.04. The number of rotatable bonds is 15. The smallest absolute Gasteiger partial charge is 0.264 e. The number of hydrogen-bond acceptors (Lipinski definition) is 7. The van der Waals surface area contributed by atoms with Crippen molar-refractivity contribution in [2.75, 3.05) is 30.6 Å². The molecular formula is C33H33ClN4O6S. The van der Waals surface area contributed by atoms with Gasteiger partial charge in [-0.15, -0.1) is 0 Å². The molecule has 0 radical (unpaired) electrons. The van der Waals surface area contributed by atoms with Gasteiger partial charge in [-0.1, -0.05) is 41.9 Å². The molecule has 0 aliphatic carbocycles. The zero-order valence-electron chi connectivity index (χ0n) is 24.6. The number of hydrazone groups is 1. The molecule has 4 rings (SSSR count). The van der Waals surface area contributed by atoms with Crippen LogP contribution in [0.4, 0.5) is 5.69 Å². The van der Waals surface area contributed by atoms with Crippen LogP contribution in [0.15, 0.2) is 113 Å². The first-order valence-electron chi connectivity index (χ1n) is 14.1. The molecule has 4 aromatic carbocycles. The van der Waals surface area contributed by atoms with Gasteiger partial charge in [-0.2, -0.15) is 5.10 Å². The lowest BCUT2D eigenvalue weighted by molar-refractivity contribution is -0.123. The van der Waals surface area contributed by atoms with Gasteiger partial charge in [0.1, 0.15) is 18.0 Å². The number of carbonyl (C=O) groups is 2. The summed E-state index contributed by atoms with van der Waals surface area (Å²) in [4.78, 5) is 24.9. The number of ether oxygens (including phenoxy) is 2.